The van der Waals surface area contributed by atoms with Crippen molar-refractivity contribution in [3.8, 4) is 0 Å². The Hall–Kier alpha value is -2.63. The van der Waals surface area contributed by atoms with Crippen molar-refractivity contribution in [1.82, 2.24) is 19.9 Å². The predicted molar refractivity (Wildman–Crippen MR) is 104 cm³/mol. The van der Waals surface area contributed by atoms with Crippen molar-refractivity contribution in [3.63, 3.8) is 0 Å². The molecule has 12 heteroatoms. The van der Waals surface area contributed by atoms with Crippen molar-refractivity contribution in [2.24, 2.45) is 0 Å². The monoisotopic (exact) mass is 458 g/mol. The summed E-state index contributed by atoms with van der Waals surface area (Å²) in [5.74, 6) is -4.04. The summed E-state index contributed by atoms with van der Waals surface area (Å²) in [6, 6.07) is 3.55. The highest BCUT2D eigenvalue weighted by atomic mass is 35.5. The van der Waals surface area contributed by atoms with E-state index in [2.05, 4.69) is 14.8 Å². The number of nitrogens with zero attached hydrogens (tertiary/aromatic N) is 2. The molecule has 3 aromatic rings. The van der Waals surface area contributed by atoms with Crippen LogP contribution in [0, 0.1) is 25.6 Å². The number of hydrogen-bond acceptors (Lipinski definition) is 6. The van der Waals surface area contributed by atoms with E-state index in [1.165, 1.54) is 13.0 Å². The Labute approximate surface area is 175 Å². The minimum absolute atomic E-state index is 0.197. The number of halogens is 3. The minimum atomic E-state index is -4.52. The molecule has 1 unspecified atom stereocenters. The average Bonchev–Trinajstić information content (AvgIpc) is 3.09. The summed E-state index contributed by atoms with van der Waals surface area (Å²) in [7, 11) is -4.52. The molecule has 0 spiro atoms. The largest absolute Gasteiger partial charge is 0.434 e. The third kappa shape index (κ3) is 4.27. The predicted octanol–water partition coefficient (Wildman–Crippen LogP) is 3.13. The van der Waals surface area contributed by atoms with Crippen LogP contribution in [0.4, 0.5) is 8.78 Å². The van der Waals surface area contributed by atoms with Crippen molar-refractivity contribution in [1.29, 1.82) is 0 Å². The number of aromatic amines is 1. The fourth-order valence-corrected chi connectivity index (χ4v) is 4.52. The molecular weight excluding hydrogens is 442 g/mol. The van der Waals surface area contributed by atoms with Gasteiger partial charge in [0, 0.05) is 5.92 Å². The Bertz CT molecular complexity index is 1260. The van der Waals surface area contributed by atoms with Gasteiger partial charge in [0.15, 0.2) is 0 Å². The molecule has 2 N–H and O–H groups in total. The lowest BCUT2D eigenvalue weighted by molar-refractivity contribution is 0.376. The lowest BCUT2D eigenvalue weighted by Crippen LogP contribution is -2.33. The summed E-state index contributed by atoms with van der Waals surface area (Å²) in [5.41, 5.74) is 1.56. The number of pyridine rings is 1. The van der Waals surface area contributed by atoms with Gasteiger partial charge in [0.1, 0.15) is 21.9 Å². The molecule has 30 heavy (non-hydrogen) atoms. The summed E-state index contributed by atoms with van der Waals surface area (Å²) in [4.78, 5) is 14.0. The maximum Gasteiger partial charge on any atom is 0.434 e. The molecular formula is C18H17ClF2N4O4S. The van der Waals surface area contributed by atoms with Crippen molar-refractivity contribution < 1.29 is 21.6 Å². The van der Waals surface area contributed by atoms with Crippen LogP contribution in [0.1, 0.15) is 41.5 Å². The number of hydrogen-bond donors (Lipinski definition) is 2. The molecule has 0 amide bonds. The summed E-state index contributed by atoms with van der Waals surface area (Å²) >= 11 is 5.58. The number of H-pyrrole nitrogens is 1. The van der Waals surface area contributed by atoms with Gasteiger partial charge in [-0.05, 0) is 48.7 Å². The van der Waals surface area contributed by atoms with Gasteiger partial charge in [0.05, 0.1) is 0 Å². The van der Waals surface area contributed by atoms with E-state index in [0.29, 0.717) is 5.56 Å². The van der Waals surface area contributed by atoms with Crippen LogP contribution in [0.15, 0.2) is 38.4 Å². The quantitative estimate of drug-likeness (QED) is 0.548. The van der Waals surface area contributed by atoms with E-state index in [4.69, 9.17) is 16.0 Å². The van der Waals surface area contributed by atoms with E-state index in [1.54, 1.807) is 19.9 Å². The van der Waals surface area contributed by atoms with Crippen molar-refractivity contribution >= 4 is 21.6 Å². The summed E-state index contributed by atoms with van der Waals surface area (Å²) < 4.78 is 61.6. The highest BCUT2D eigenvalue weighted by molar-refractivity contribution is 7.89. The zero-order valence-corrected chi connectivity index (χ0v) is 17.6. The van der Waals surface area contributed by atoms with Crippen molar-refractivity contribution in [3.05, 3.63) is 74.3 Å². The molecule has 1 aromatic carbocycles. The smallest absolute Gasteiger partial charge is 0.391 e. The highest BCUT2D eigenvalue weighted by Gasteiger charge is 2.34. The maximum absolute atomic E-state index is 14.6. The lowest BCUT2D eigenvalue weighted by Gasteiger charge is -2.25. The molecule has 8 nitrogen and oxygen atoms in total. The second-order valence-corrected chi connectivity index (χ2v) is 8.73. The first-order valence-corrected chi connectivity index (χ1v) is 10.5. The number of nitrogens with one attached hydrogen (secondary N) is 2. The van der Waals surface area contributed by atoms with E-state index < -0.39 is 44.4 Å². The van der Waals surface area contributed by atoms with Gasteiger partial charge in [-0.15, -0.1) is 5.10 Å². The van der Waals surface area contributed by atoms with Gasteiger partial charge >= 0.3 is 5.76 Å². The SMILES string of the molecule is Cc1ccc(F)c(C(C)[C@H](NS(=O)(=O)c2ccc(Cl)nc2F)c2n[nH]c(=O)o2)c1C. The second-order valence-electron chi connectivity index (χ2n) is 6.66. The first-order chi connectivity index (χ1) is 14.0. The number of rotatable bonds is 6. The number of benzene rings is 1. The topological polar surface area (TPSA) is 118 Å². The molecule has 2 aromatic heterocycles. The van der Waals surface area contributed by atoms with Crippen LogP contribution >= 0.6 is 11.6 Å². The third-order valence-electron chi connectivity index (χ3n) is 4.76. The van der Waals surface area contributed by atoms with Gasteiger partial charge < -0.3 is 4.42 Å². The van der Waals surface area contributed by atoms with E-state index in [0.717, 1.165) is 17.7 Å². The first-order valence-electron chi connectivity index (χ1n) is 8.66. The van der Waals surface area contributed by atoms with Crippen LogP contribution in [-0.2, 0) is 10.0 Å². The third-order valence-corrected chi connectivity index (χ3v) is 6.42. The standard InChI is InChI=1S/C18H17ClF2N4O4S/c1-8-4-5-11(20)14(9(8)2)10(3)15(17-23-24-18(26)29-17)25-30(27,28)12-6-7-13(19)22-16(12)21/h4-7,10,15,25H,1-3H3,(H,24,26)/t10?,15-/m0/s1. The first kappa shape index (κ1) is 22.1. The normalized spacial score (nSPS) is 13.9. The summed E-state index contributed by atoms with van der Waals surface area (Å²) in [6.45, 7) is 4.98. The molecule has 0 aliphatic heterocycles. The molecule has 3 rings (SSSR count). The highest BCUT2D eigenvalue weighted by Crippen LogP contribution is 2.35. The number of aryl methyl sites for hydroxylation is 1. The van der Waals surface area contributed by atoms with E-state index in [9.17, 15) is 22.0 Å². The fourth-order valence-electron chi connectivity index (χ4n) is 3.10. The van der Waals surface area contributed by atoms with E-state index in [1.807, 2.05) is 5.10 Å². The van der Waals surface area contributed by atoms with Gasteiger partial charge in [0.25, 0.3) is 0 Å². The number of aromatic nitrogens is 3. The molecule has 0 aliphatic rings. The molecule has 0 bridgehead atoms. The zero-order chi connectivity index (χ0) is 22.2. The molecule has 0 aliphatic carbocycles. The summed E-state index contributed by atoms with van der Waals surface area (Å²) in [5, 5.41) is 5.48. The summed E-state index contributed by atoms with van der Waals surface area (Å²) in [6.07, 6.45) is 0. The maximum atomic E-state index is 14.6. The minimum Gasteiger partial charge on any atom is -0.391 e. The molecule has 2 atom stereocenters. The zero-order valence-electron chi connectivity index (χ0n) is 16.0. The molecule has 0 saturated heterocycles. The van der Waals surface area contributed by atoms with E-state index >= 15 is 0 Å². The van der Waals surface area contributed by atoms with Crippen molar-refractivity contribution in [2.75, 3.05) is 0 Å². The van der Waals surface area contributed by atoms with Gasteiger partial charge in [-0.1, -0.05) is 24.6 Å². The molecule has 160 valence electrons. The van der Waals surface area contributed by atoms with Gasteiger partial charge in [-0.25, -0.2) is 27.7 Å². The molecule has 2 heterocycles. The Kier molecular flexibility index (Phi) is 6.06. The average molecular weight is 459 g/mol. The number of sulfonamides is 1. The lowest BCUT2D eigenvalue weighted by atomic mass is 9.88. The van der Waals surface area contributed by atoms with Crippen LogP contribution < -0.4 is 10.5 Å². The van der Waals surface area contributed by atoms with Crippen LogP contribution in [0.5, 0.6) is 0 Å². The Morgan fingerprint density at radius 1 is 1.20 bits per heavy atom. The molecule has 0 saturated carbocycles. The van der Waals surface area contributed by atoms with Gasteiger partial charge in [-0.2, -0.15) is 9.11 Å². The molecule has 0 radical (unpaired) electrons. The fraction of sp³-hybridized carbons (Fsp3) is 0.278. The Morgan fingerprint density at radius 2 is 1.90 bits per heavy atom. The van der Waals surface area contributed by atoms with E-state index in [-0.39, 0.29) is 16.6 Å². The van der Waals surface area contributed by atoms with Crippen LogP contribution in [-0.4, -0.2) is 23.6 Å². The van der Waals surface area contributed by atoms with Crippen LogP contribution in [0.25, 0.3) is 0 Å². The van der Waals surface area contributed by atoms with Gasteiger partial charge in [0.2, 0.25) is 21.9 Å². The van der Waals surface area contributed by atoms with Crippen LogP contribution in [0.2, 0.25) is 5.15 Å². The van der Waals surface area contributed by atoms with Crippen LogP contribution in [0.3, 0.4) is 0 Å². The Balaban J connectivity index is 2.11. The Morgan fingerprint density at radius 3 is 2.50 bits per heavy atom. The van der Waals surface area contributed by atoms with Crippen molar-refractivity contribution in [2.45, 2.75) is 37.6 Å². The molecule has 0 fully saturated rings. The second kappa shape index (κ2) is 8.25. The van der Waals surface area contributed by atoms with Gasteiger partial charge in [-0.3, -0.25) is 0 Å².